The topological polar surface area (TPSA) is 141 Å². The monoisotopic (exact) mass is 607 g/mol. The number of hydrogen-bond acceptors (Lipinski definition) is 9. The Morgan fingerprint density at radius 1 is 0.884 bits per heavy atom. The van der Waals surface area contributed by atoms with Crippen LogP contribution in [-0.2, 0) is 33.3 Å². The van der Waals surface area contributed by atoms with E-state index in [1.54, 1.807) is 15.9 Å². The summed E-state index contributed by atoms with van der Waals surface area (Å²) in [5, 5.41) is 2.75. The van der Waals surface area contributed by atoms with Gasteiger partial charge in [-0.15, -0.1) is 0 Å². The average molecular weight is 608 g/mol. The molecule has 1 N–H and O–H groups in total. The minimum atomic E-state index is -1.09. The maximum absolute atomic E-state index is 12.8. The first kappa shape index (κ1) is 34.2. The Balaban J connectivity index is 1.31. The molecule has 12 nitrogen and oxygen atoms in total. The molecule has 0 bridgehead atoms. The molecular weight excluding hydrogens is 558 g/mol. The van der Waals surface area contributed by atoms with E-state index >= 15 is 0 Å². The number of amides is 3. The quantitative estimate of drug-likeness (QED) is 0.176. The molecule has 0 aromatic carbocycles. The van der Waals surface area contributed by atoms with Gasteiger partial charge in [0.1, 0.15) is 11.7 Å². The average Bonchev–Trinajstić information content (AvgIpc) is 2.95. The fourth-order valence-corrected chi connectivity index (χ4v) is 5.50. The van der Waals surface area contributed by atoms with Gasteiger partial charge in [-0.3, -0.25) is 14.4 Å². The zero-order valence-corrected chi connectivity index (χ0v) is 26.1. The largest absolute Gasteiger partial charge is 0.511 e. The Labute approximate surface area is 254 Å². The third-order valence-corrected chi connectivity index (χ3v) is 7.81. The number of nitrogens with zero attached hydrogens (tertiary/aromatic N) is 2. The van der Waals surface area contributed by atoms with Crippen molar-refractivity contribution in [3.63, 3.8) is 0 Å². The van der Waals surface area contributed by atoms with Crippen molar-refractivity contribution in [1.29, 1.82) is 0 Å². The number of carbonyl (C=O) groups excluding carboxylic acids is 5. The predicted molar refractivity (Wildman–Crippen MR) is 157 cm³/mol. The van der Waals surface area contributed by atoms with Crippen LogP contribution in [0.25, 0.3) is 0 Å². The second-order valence-electron chi connectivity index (χ2n) is 12.6. The molecule has 2 aliphatic heterocycles. The Morgan fingerprint density at radius 3 is 2.26 bits per heavy atom. The van der Waals surface area contributed by atoms with Crippen LogP contribution in [-0.4, -0.2) is 90.6 Å². The first-order chi connectivity index (χ1) is 20.4. The van der Waals surface area contributed by atoms with E-state index in [2.05, 4.69) is 5.32 Å². The van der Waals surface area contributed by atoms with Gasteiger partial charge in [0.05, 0.1) is 12.3 Å². The summed E-state index contributed by atoms with van der Waals surface area (Å²) < 4.78 is 20.8. The molecule has 0 aromatic heterocycles. The van der Waals surface area contributed by atoms with Crippen LogP contribution in [0.15, 0.2) is 12.2 Å². The van der Waals surface area contributed by atoms with Gasteiger partial charge in [-0.1, -0.05) is 12.5 Å². The molecule has 1 unspecified atom stereocenters. The maximum Gasteiger partial charge on any atom is 0.511 e. The summed E-state index contributed by atoms with van der Waals surface area (Å²) in [6, 6.07) is 0. The van der Waals surface area contributed by atoms with Gasteiger partial charge >= 0.3 is 18.2 Å². The number of ether oxygens (including phenoxy) is 4. The van der Waals surface area contributed by atoms with Gasteiger partial charge in [0.25, 0.3) is 0 Å². The van der Waals surface area contributed by atoms with E-state index < -0.39 is 24.0 Å². The summed E-state index contributed by atoms with van der Waals surface area (Å²) in [4.78, 5) is 65.3. The molecule has 0 aromatic rings. The number of piperidine rings is 2. The summed E-state index contributed by atoms with van der Waals surface area (Å²) >= 11 is 0. The second kappa shape index (κ2) is 16.5. The van der Waals surface area contributed by atoms with Crippen LogP contribution in [0.1, 0.15) is 91.9 Å². The Kier molecular flexibility index (Phi) is 13.1. The van der Waals surface area contributed by atoms with E-state index in [4.69, 9.17) is 18.9 Å². The lowest BCUT2D eigenvalue weighted by Gasteiger charge is -2.33. The number of allylic oxidation sites excluding steroid dienone is 1. The molecule has 0 radical (unpaired) electrons. The smallest absolute Gasteiger partial charge is 0.444 e. The Morgan fingerprint density at radius 2 is 1.58 bits per heavy atom. The van der Waals surface area contributed by atoms with Crippen LogP contribution in [0.2, 0.25) is 0 Å². The molecule has 242 valence electrons. The van der Waals surface area contributed by atoms with Crippen molar-refractivity contribution in [3.8, 4) is 0 Å². The maximum atomic E-state index is 12.8. The molecule has 1 saturated carbocycles. The van der Waals surface area contributed by atoms with Crippen molar-refractivity contribution < 1.29 is 42.9 Å². The van der Waals surface area contributed by atoms with Gasteiger partial charge in [-0.2, -0.15) is 0 Å². The molecule has 43 heavy (non-hydrogen) atoms. The highest BCUT2D eigenvalue weighted by Crippen LogP contribution is 2.23. The van der Waals surface area contributed by atoms with Crippen LogP contribution >= 0.6 is 0 Å². The lowest BCUT2D eigenvalue weighted by atomic mass is 9.95. The molecule has 3 aliphatic rings. The van der Waals surface area contributed by atoms with Crippen LogP contribution in [0, 0.1) is 11.8 Å². The SMILES string of the molecule is CC(OC(=O)CCNC(=O)[C@@H]1CCCN(C(=O)/C=C/C2CCN(C(=O)OC(C)(C)C)CC2)C1)OC(=O)OC1CCCCC1. The van der Waals surface area contributed by atoms with Crippen LogP contribution in [0.4, 0.5) is 9.59 Å². The molecule has 1 aliphatic carbocycles. The summed E-state index contributed by atoms with van der Waals surface area (Å²) in [6.45, 7) is 9.09. The number of hydrogen-bond donors (Lipinski definition) is 1. The van der Waals surface area contributed by atoms with Crippen molar-refractivity contribution in [2.45, 2.75) is 110 Å². The van der Waals surface area contributed by atoms with Crippen molar-refractivity contribution in [1.82, 2.24) is 15.1 Å². The predicted octanol–water partition coefficient (Wildman–Crippen LogP) is 4.31. The molecule has 3 fully saturated rings. The summed E-state index contributed by atoms with van der Waals surface area (Å²) in [5.41, 5.74) is -0.532. The van der Waals surface area contributed by atoms with E-state index in [-0.39, 0.29) is 48.8 Å². The summed E-state index contributed by atoms with van der Waals surface area (Å²) in [7, 11) is 0. The van der Waals surface area contributed by atoms with E-state index in [1.807, 2.05) is 26.8 Å². The zero-order chi connectivity index (χ0) is 31.4. The van der Waals surface area contributed by atoms with Gasteiger partial charge in [-0.25, -0.2) is 9.59 Å². The fourth-order valence-electron chi connectivity index (χ4n) is 5.50. The van der Waals surface area contributed by atoms with Crippen molar-refractivity contribution in [3.05, 3.63) is 12.2 Å². The van der Waals surface area contributed by atoms with Crippen LogP contribution in [0.5, 0.6) is 0 Å². The number of rotatable bonds is 9. The standard InChI is InChI=1S/C31H49N3O9/c1-22(41-30(39)42-25-10-6-5-7-11-25)40-27(36)14-17-32-28(37)24-9-8-18-34(21-24)26(35)13-12-23-15-19-33(20-16-23)29(38)43-31(2,3)4/h12-13,22-25H,5-11,14-21H2,1-4H3,(H,32,37)/b13-12+/t22?,24-/m1/s1. The molecular formula is C31H49N3O9. The van der Waals surface area contributed by atoms with E-state index in [1.165, 1.54) is 6.92 Å². The highest BCUT2D eigenvalue weighted by molar-refractivity contribution is 5.88. The third kappa shape index (κ3) is 12.4. The summed E-state index contributed by atoms with van der Waals surface area (Å²) in [6.07, 6.45) is 8.65. The molecule has 3 rings (SSSR count). The van der Waals surface area contributed by atoms with Crippen molar-refractivity contribution >= 4 is 30.0 Å². The normalized spacial score (nSPS) is 21.2. The minimum absolute atomic E-state index is 0.0727. The van der Waals surface area contributed by atoms with Gasteiger partial charge in [0, 0.05) is 39.6 Å². The highest BCUT2D eigenvalue weighted by atomic mass is 16.8. The first-order valence-corrected chi connectivity index (χ1v) is 15.7. The van der Waals surface area contributed by atoms with Crippen LogP contribution < -0.4 is 5.32 Å². The first-order valence-electron chi connectivity index (χ1n) is 15.7. The lowest BCUT2D eigenvalue weighted by Crippen LogP contribution is -2.45. The van der Waals surface area contributed by atoms with E-state index in [9.17, 15) is 24.0 Å². The van der Waals surface area contributed by atoms with Gasteiger partial charge in [0.15, 0.2) is 0 Å². The number of nitrogens with one attached hydrogen (secondary N) is 1. The number of esters is 1. The molecule has 2 heterocycles. The molecule has 0 spiro atoms. The van der Waals surface area contributed by atoms with Gasteiger partial charge < -0.3 is 34.1 Å². The fraction of sp³-hybridized carbons (Fsp3) is 0.774. The van der Waals surface area contributed by atoms with Crippen molar-refractivity contribution in [2.75, 3.05) is 32.7 Å². The van der Waals surface area contributed by atoms with Crippen LogP contribution in [0.3, 0.4) is 0 Å². The van der Waals surface area contributed by atoms with Gasteiger partial charge in [0.2, 0.25) is 18.1 Å². The molecule has 2 saturated heterocycles. The minimum Gasteiger partial charge on any atom is -0.444 e. The third-order valence-electron chi connectivity index (χ3n) is 7.81. The highest BCUT2D eigenvalue weighted by Gasteiger charge is 2.29. The number of likely N-dealkylation sites (tertiary alicyclic amines) is 2. The molecule has 2 atom stereocenters. The Bertz CT molecular complexity index is 995. The van der Waals surface area contributed by atoms with Gasteiger partial charge in [-0.05, 0) is 84.1 Å². The van der Waals surface area contributed by atoms with E-state index in [0.717, 1.165) is 44.9 Å². The summed E-state index contributed by atoms with van der Waals surface area (Å²) in [5.74, 6) is -1.13. The zero-order valence-electron chi connectivity index (χ0n) is 26.1. The molecule has 3 amide bonds. The van der Waals surface area contributed by atoms with Crippen molar-refractivity contribution in [2.24, 2.45) is 11.8 Å². The second-order valence-corrected chi connectivity index (χ2v) is 12.6. The van der Waals surface area contributed by atoms with E-state index in [0.29, 0.717) is 39.0 Å². The lowest BCUT2D eigenvalue weighted by molar-refractivity contribution is -0.168. The molecule has 12 heteroatoms. The number of carbonyl (C=O) groups is 5. The Hall–Kier alpha value is -3.31.